The Labute approximate surface area is 95.2 Å². The molecule has 0 saturated carbocycles. The van der Waals surface area contributed by atoms with Gasteiger partial charge in [0.15, 0.2) is 0 Å². The van der Waals surface area contributed by atoms with Crippen molar-refractivity contribution < 1.29 is 4.74 Å². The Hall–Kier alpha value is -0.120. The molecule has 0 aliphatic heterocycles. The fraction of sp³-hybridized carbons (Fsp3) is 1.00. The van der Waals surface area contributed by atoms with Crippen LogP contribution in [0, 0.1) is 0 Å². The second-order valence-corrected chi connectivity index (χ2v) is 5.88. The molecule has 0 spiro atoms. The van der Waals surface area contributed by atoms with E-state index >= 15 is 0 Å². The highest BCUT2D eigenvalue weighted by atomic mass is 16.5. The molecule has 0 aliphatic carbocycles. The third-order valence-electron chi connectivity index (χ3n) is 2.35. The predicted molar refractivity (Wildman–Crippen MR) is 66.3 cm³/mol. The Balaban J connectivity index is 3.71. The van der Waals surface area contributed by atoms with Gasteiger partial charge in [0.2, 0.25) is 0 Å². The van der Waals surface area contributed by atoms with Crippen LogP contribution in [0.25, 0.3) is 0 Å². The standard InChI is InChI=1S/C12H28N2O/c1-11(2,3)13-8-9-14(6)10-12(4,5)15-7/h13H,8-10H2,1-7H3. The van der Waals surface area contributed by atoms with E-state index in [-0.39, 0.29) is 11.1 Å². The van der Waals surface area contributed by atoms with Crippen LogP contribution in [0.5, 0.6) is 0 Å². The van der Waals surface area contributed by atoms with Gasteiger partial charge in [0.05, 0.1) is 5.60 Å². The van der Waals surface area contributed by atoms with E-state index in [4.69, 9.17) is 4.74 Å². The molecule has 15 heavy (non-hydrogen) atoms. The maximum Gasteiger partial charge on any atom is 0.0748 e. The summed E-state index contributed by atoms with van der Waals surface area (Å²) in [7, 11) is 3.90. The van der Waals surface area contributed by atoms with Crippen LogP contribution in [-0.4, -0.2) is 49.8 Å². The molecular weight excluding hydrogens is 188 g/mol. The molecule has 0 radical (unpaired) electrons. The van der Waals surface area contributed by atoms with Crippen molar-refractivity contribution >= 4 is 0 Å². The molecule has 3 heteroatoms. The Bertz CT molecular complexity index is 173. The molecule has 92 valence electrons. The van der Waals surface area contributed by atoms with Gasteiger partial charge in [0.1, 0.15) is 0 Å². The number of ether oxygens (including phenoxy) is 1. The molecule has 0 aromatic rings. The molecular formula is C12H28N2O. The summed E-state index contributed by atoms with van der Waals surface area (Å²) in [6.45, 7) is 13.8. The van der Waals surface area contributed by atoms with E-state index in [0.29, 0.717) is 0 Å². The molecule has 0 fully saturated rings. The first-order valence-corrected chi connectivity index (χ1v) is 5.65. The fourth-order valence-corrected chi connectivity index (χ4v) is 1.42. The lowest BCUT2D eigenvalue weighted by molar-refractivity contribution is -0.00185. The fourth-order valence-electron chi connectivity index (χ4n) is 1.42. The average Bonchev–Trinajstić information content (AvgIpc) is 2.00. The smallest absolute Gasteiger partial charge is 0.0748 e. The first kappa shape index (κ1) is 14.9. The van der Waals surface area contributed by atoms with Crippen molar-refractivity contribution in [3.8, 4) is 0 Å². The van der Waals surface area contributed by atoms with Crippen LogP contribution in [-0.2, 0) is 4.74 Å². The summed E-state index contributed by atoms with van der Waals surface area (Å²) in [5.41, 5.74) is 0.147. The van der Waals surface area contributed by atoms with E-state index in [1.54, 1.807) is 7.11 Å². The number of hydrogen-bond donors (Lipinski definition) is 1. The van der Waals surface area contributed by atoms with Crippen molar-refractivity contribution in [2.24, 2.45) is 0 Å². The van der Waals surface area contributed by atoms with E-state index in [1.165, 1.54) is 0 Å². The minimum atomic E-state index is -0.0590. The summed E-state index contributed by atoms with van der Waals surface area (Å²) < 4.78 is 5.39. The van der Waals surface area contributed by atoms with Gasteiger partial charge in [0.25, 0.3) is 0 Å². The number of hydrogen-bond acceptors (Lipinski definition) is 3. The zero-order valence-electron chi connectivity index (χ0n) is 11.5. The Morgan fingerprint density at radius 3 is 2.07 bits per heavy atom. The van der Waals surface area contributed by atoms with Gasteiger partial charge in [0, 0.05) is 32.3 Å². The lowest BCUT2D eigenvalue weighted by Gasteiger charge is -2.30. The van der Waals surface area contributed by atoms with Gasteiger partial charge in [-0.3, -0.25) is 0 Å². The molecule has 0 atom stereocenters. The van der Waals surface area contributed by atoms with Crippen LogP contribution in [0.1, 0.15) is 34.6 Å². The maximum atomic E-state index is 5.39. The first-order valence-electron chi connectivity index (χ1n) is 5.65. The van der Waals surface area contributed by atoms with Gasteiger partial charge in [-0.1, -0.05) is 0 Å². The summed E-state index contributed by atoms with van der Waals surface area (Å²) >= 11 is 0. The number of methoxy groups -OCH3 is 1. The van der Waals surface area contributed by atoms with Crippen LogP contribution in [0.3, 0.4) is 0 Å². The maximum absolute atomic E-state index is 5.39. The Morgan fingerprint density at radius 1 is 1.13 bits per heavy atom. The van der Waals surface area contributed by atoms with Crippen molar-refractivity contribution in [3.05, 3.63) is 0 Å². The summed E-state index contributed by atoms with van der Waals surface area (Å²) in [5.74, 6) is 0. The third kappa shape index (κ3) is 8.85. The van der Waals surface area contributed by atoms with Crippen molar-refractivity contribution in [2.75, 3.05) is 33.8 Å². The minimum absolute atomic E-state index is 0.0590. The molecule has 0 unspecified atom stereocenters. The van der Waals surface area contributed by atoms with Crippen molar-refractivity contribution in [3.63, 3.8) is 0 Å². The van der Waals surface area contributed by atoms with Crippen LogP contribution in [0.2, 0.25) is 0 Å². The van der Waals surface area contributed by atoms with Crippen molar-refractivity contribution in [2.45, 2.75) is 45.8 Å². The molecule has 3 nitrogen and oxygen atoms in total. The zero-order valence-corrected chi connectivity index (χ0v) is 11.5. The molecule has 0 amide bonds. The number of likely N-dealkylation sites (N-methyl/N-ethyl adjacent to an activating group) is 1. The lowest BCUT2D eigenvalue weighted by atomic mass is 10.1. The molecule has 0 aromatic carbocycles. The van der Waals surface area contributed by atoms with Crippen LogP contribution in [0.15, 0.2) is 0 Å². The highest BCUT2D eigenvalue weighted by Gasteiger charge is 2.18. The first-order chi connectivity index (χ1) is 6.66. The van der Waals surface area contributed by atoms with Gasteiger partial charge >= 0.3 is 0 Å². The van der Waals surface area contributed by atoms with E-state index in [1.807, 2.05) is 0 Å². The second-order valence-electron chi connectivity index (χ2n) is 5.88. The minimum Gasteiger partial charge on any atom is -0.377 e. The average molecular weight is 216 g/mol. The van der Waals surface area contributed by atoms with Crippen LogP contribution >= 0.6 is 0 Å². The molecule has 0 aromatic heterocycles. The largest absolute Gasteiger partial charge is 0.377 e. The van der Waals surface area contributed by atoms with Crippen LogP contribution < -0.4 is 5.32 Å². The van der Waals surface area contributed by atoms with Crippen molar-refractivity contribution in [1.82, 2.24) is 10.2 Å². The van der Waals surface area contributed by atoms with E-state index in [2.05, 4.69) is 51.9 Å². The van der Waals surface area contributed by atoms with Gasteiger partial charge in [-0.15, -0.1) is 0 Å². The molecule has 0 aliphatic rings. The summed E-state index contributed by atoms with van der Waals surface area (Å²) in [5, 5.41) is 3.47. The summed E-state index contributed by atoms with van der Waals surface area (Å²) in [4.78, 5) is 2.29. The van der Waals surface area contributed by atoms with E-state index in [0.717, 1.165) is 19.6 Å². The second kappa shape index (κ2) is 5.83. The van der Waals surface area contributed by atoms with Gasteiger partial charge in [-0.2, -0.15) is 0 Å². The normalized spacial score (nSPS) is 13.6. The van der Waals surface area contributed by atoms with Crippen LogP contribution in [0.4, 0.5) is 0 Å². The van der Waals surface area contributed by atoms with Gasteiger partial charge < -0.3 is 15.0 Å². The highest BCUT2D eigenvalue weighted by Crippen LogP contribution is 2.08. The number of rotatable bonds is 6. The number of nitrogens with one attached hydrogen (secondary N) is 1. The molecule has 0 bridgehead atoms. The van der Waals surface area contributed by atoms with Crippen molar-refractivity contribution in [1.29, 1.82) is 0 Å². The summed E-state index contributed by atoms with van der Waals surface area (Å²) in [6, 6.07) is 0. The van der Waals surface area contributed by atoms with E-state index in [9.17, 15) is 0 Å². The molecule has 1 N–H and O–H groups in total. The molecule has 0 heterocycles. The quantitative estimate of drug-likeness (QED) is 0.732. The zero-order chi connectivity index (χ0) is 12.1. The monoisotopic (exact) mass is 216 g/mol. The molecule has 0 saturated heterocycles. The molecule has 0 rings (SSSR count). The van der Waals surface area contributed by atoms with Gasteiger partial charge in [-0.25, -0.2) is 0 Å². The topological polar surface area (TPSA) is 24.5 Å². The SMILES string of the molecule is COC(C)(C)CN(C)CCNC(C)(C)C. The third-order valence-corrected chi connectivity index (χ3v) is 2.35. The highest BCUT2D eigenvalue weighted by molar-refractivity contribution is 4.74. The number of nitrogens with zero attached hydrogens (tertiary/aromatic N) is 1. The Kier molecular flexibility index (Phi) is 5.78. The lowest BCUT2D eigenvalue weighted by Crippen LogP contribution is -2.44. The Morgan fingerprint density at radius 2 is 1.67 bits per heavy atom. The summed E-state index contributed by atoms with van der Waals surface area (Å²) in [6.07, 6.45) is 0. The van der Waals surface area contributed by atoms with E-state index < -0.39 is 0 Å². The predicted octanol–water partition coefficient (Wildman–Crippen LogP) is 1.73. The van der Waals surface area contributed by atoms with Gasteiger partial charge in [-0.05, 0) is 41.7 Å².